The highest BCUT2D eigenvalue weighted by Crippen LogP contribution is 2.28. The van der Waals surface area contributed by atoms with E-state index >= 15 is 0 Å². The Morgan fingerprint density at radius 1 is 1.09 bits per heavy atom. The van der Waals surface area contributed by atoms with Crippen LogP contribution in [0.2, 0.25) is 0 Å². The summed E-state index contributed by atoms with van der Waals surface area (Å²) in [5.41, 5.74) is 0. The van der Waals surface area contributed by atoms with E-state index in [0.717, 1.165) is 31.0 Å². The van der Waals surface area contributed by atoms with Gasteiger partial charge in [0, 0.05) is 13.2 Å². The Balaban J connectivity index is 2.32. The number of hydrogen-bond donors (Lipinski definition) is 0. The Morgan fingerprint density at radius 3 is 2.09 bits per heavy atom. The Kier molecular flexibility index (Phi) is 3.38. The zero-order valence-electron chi connectivity index (χ0n) is 7.97. The van der Waals surface area contributed by atoms with Gasteiger partial charge in [0.1, 0.15) is 0 Å². The molecular weight excluding hydrogens is 136 g/mol. The lowest BCUT2D eigenvalue weighted by Gasteiger charge is -2.30. The lowest BCUT2D eigenvalue weighted by molar-refractivity contribution is 0.0414. The van der Waals surface area contributed by atoms with Crippen LogP contribution in [0.3, 0.4) is 0 Å². The third-order valence-electron chi connectivity index (χ3n) is 3.06. The van der Waals surface area contributed by atoms with Crippen LogP contribution in [-0.2, 0) is 4.74 Å². The molecule has 1 fully saturated rings. The largest absolute Gasteiger partial charge is 0.381 e. The normalized spacial score (nSPS) is 24.0. The summed E-state index contributed by atoms with van der Waals surface area (Å²) in [5, 5.41) is 0. The van der Waals surface area contributed by atoms with E-state index in [9.17, 15) is 0 Å². The first-order chi connectivity index (χ1) is 5.22. The van der Waals surface area contributed by atoms with Crippen molar-refractivity contribution in [3.8, 4) is 0 Å². The maximum absolute atomic E-state index is 5.33. The summed E-state index contributed by atoms with van der Waals surface area (Å²) in [6.07, 6.45) is 2.55. The van der Waals surface area contributed by atoms with Crippen molar-refractivity contribution in [1.82, 2.24) is 0 Å². The van der Waals surface area contributed by atoms with E-state index in [-0.39, 0.29) is 0 Å². The number of ether oxygens (including phenoxy) is 1. The van der Waals surface area contributed by atoms with Gasteiger partial charge in [-0.05, 0) is 30.6 Å². The maximum atomic E-state index is 5.33. The maximum Gasteiger partial charge on any atom is 0.0468 e. The highest BCUT2D eigenvalue weighted by atomic mass is 16.5. The van der Waals surface area contributed by atoms with Crippen LogP contribution < -0.4 is 0 Å². The molecule has 0 radical (unpaired) electrons. The molecule has 0 aromatic rings. The van der Waals surface area contributed by atoms with Gasteiger partial charge in [0.25, 0.3) is 0 Å². The average Bonchev–Trinajstić information content (AvgIpc) is 2.05. The average molecular weight is 156 g/mol. The molecule has 0 spiro atoms. The van der Waals surface area contributed by atoms with Crippen molar-refractivity contribution in [3.63, 3.8) is 0 Å². The van der Waals surface area contributed by atoms with E-state index in [1.54, 1.807) is 0 Å². The van der Waals surface area contributed by atoms with Gasteiger partial charge in [0.05, 0.1) is 0 Å². The number of hydrogen-bond acceptors (Lipinski definition) is 1. The first kappa shape index (κ1) is 9.05. The van der Waals surface area contributed by atoms with Crippen molar-refractivity contribution in [3.05, 3.63) is 0 Å². The second-order valence-electron chi connectivity index (χ2n) is 4.05. The van der Waals surface area contributed by atoms with Crippen LogP contribution in [0.1, 0.15) is 33.6 Å². The summed E-state index contributed by atoms with van der Waals surface area (Å²) in [7, 11) is 0. The van der Waals surface area contributed by atoms with E-state index in [1.807, 2.05) is 0 Å². The molecule has 0 amide bonds. The molecule has 66 valence electrons. The fourth-order valence-corrected chi connectivity index (χ4v) is 1.79. The predicted octanol–water partition coefficient (Wildman–Crippen LogP) is 2.71. The molecule has 0 N–H and O–H groups in total. The lowest BCUT2D eigenvalue weighted by Crippen LogP contribution is -2.24. The standard InChI is InChI=1S/C10H20O/c1-8(2)9(3)10-4-6-11-7-5-10/h8-10H,4-7H2,1-3H3/t9-/m0/s1. The molecule has 0 saturated carbocycles. The van der Waals surface area contributed by atoms with Gasteiger partial charge < -0.3 is 4.74 Å². The van der Waals surface area contributed by atoms with Crippen molar-refractivity contribution in [2.24, 2.45) is 17.8 Å². The predicted molar refractivity (Wildman–Crippen MR) is 47.5 cm³/mol. The van der Waals surface area contributed by atoms with Crippen LogP contribution in [0.4, 0.5) is 0 Å². The molecule has 1 atom stereocenters. The molecule has 11 heavy (non-hydrogen) atoms. The van der Waals surface area contributed by atoms with Crippen molar-refractivity contribution in [1.29, 1.82) is 0 Å². The highest BCUT2D eigenvalue weighted by Gasteiger charge is 2.22. The van der Waals surface area contributed by atoms with Gasteiger partial charge in [-0.1, -0.05) is 20.8 Å². The monoisotopic (exact) mass is 156 g/mol. The molecule has 0 unspecified atom stereocenters. The third kappa shape index (κ3) is 2.48. The van der Waals surface area contributed by atoms with Crippen molar-refractivity contribution in [2.75, 3.05) is 13.2 Å². The Hall–Kier alpha value is -0.0400. The molecule has 1 saturated heterocycles. The van der Waals surface area contributed by atoms with Gasteiger partial charge in [0.2, 0.25) is 0 Å². The Labute approximate surface area is 70.1 Å². The summed E-state index contributed by atoms with van der Waals surface area (Å²) in [4.78, 5) is 0. The first-order valence-corrected chi connectivity index (χ1v) is 4.79. The molecule has 1 aliphatic rings. The lowest BCUT2D eigenvalue weighted by atomic mass is 9.80. The van der Waals surface area contributed by atoms with Crippen molar-refractivity contribution in [2.45, 2.75) is 33.6 Å². The van der Waals surface area contributed by atoms with E-state index in [1.165, 1.54) is 12.8 Å². The van der Waals surface area contributed by atoms with Crippen LogP contribution in [-0.4, -0.2) is 13.2 Å². The SMILES string of the molecule is CC(C)[C@H](C)C1CCOCC1. The fourth-order valence-electron chi connectivity index (χ4n) is 1.79. The van der Waals surface area contributed by atoms with Crippen LogP contribution in [0, 0.1) is 17.8 Å². The summed E-state index contributed by atoms with van der Waals surface area (Å²) < 4.78 is 5.33. The van der Waals surface area contributed by atoms with Crippen molar-refractivity contribution < 1.29 is 4.74 Å². The van der Waals surface area contributed by atoms with E-state index in [4.69, 9.17) is 4.74 Å². The van der Waals surface area contributed by atoms with Crippen LogP contribution in [0.15, 0.2) is 0 Å². The minimum absolute atomic E-state index is 0.832. The third-order valence-corrected chi connectivity index (χ3v) is 3.06. The number of rotatable bonds is 2. The summed E-state index contributed by atoms with van der Waals surface area (Å²) in [5.74, 6) is 2.63. The van der Waals surface area contributed by atoms with Crippen LogP contribution >= 0.6 is 0 Å². The zero-order valence-corrected chi connectivity index (χ0v) is 7.97. The first-order valence-electron chi connectivity index (χ1n) is 4.79. The quantitative estimate of drug-likeness (QED) is 0.597. The Bertz CT molecular complexity index is 103. The molecule has 0 aliphatic carbocycles. The van der Waals surface area contributed by atoms with Crippen LogP contribution in [0.25, 0.3) is 0 Å². The van der Waals surface area contributed by atoms with Crippen molar-refractivity contribution >= 4 is 0 Å². The smallest absolute Gasteiger partial charge is 0.0468 e. The van der Waals surface area contributed by atoms with Gasteiger partial charge in [-0.3, -0.25) is 0 Å². The van der Waals surface area contributed by atoms with E-state index < -0.39 is 0 Å². The van der Waals surface area contributed by atoms with Gasteiger partial charge in [0.15, 0.2) is 0 Å². The molecule has 1 rings (SSSR count). The topological polar surface area (TPSA) is 9.23 Å². The second-order valence-corrected chi connectivity index (χ2v) is 4.05. The van der Waals surface area contributed by atoms with E-state index in [2.05, 4.69) is 20.8 Å². The Morgan fingerprint density at radius 2 is 1.64 bits per heavy atom. The minimum Gasteiger partial charge on any atom is -0.381 e. The highest BCUT2D eigenvalue weighted by molar-refractivity contribution is 4.71. The molecule has 1 heteroatoms. The summed E-state index contributed by atoms with van der Waals surface area (Å²) in [6, 6.07) is 0. The fraction of sp³-hybridized carbons (Fsp3) is 1.00. The van der Waals surface area contributed by atoms with Gasteiger partial charge in [-0.25, -0.2) is 0 Å². The van der Waals surface area contributed by atoms with Gasteiger partial charge in [-0.2, -0.15) is 0 Å². The molecule has 1 nitrogen and oxygen atoms in total. The summed E-state index contributed by atoms with van der Waals surface area (Å²) >= 11 is 0. The minimum atomic E-state index is 0.832. The molecule has 1 heterocycles. The van der Waals surface area contributed by atoms with E-state index in [0.29, 0.717) is 0 Å². The molecule has 0 aromatic heterocycles. The van der Waals surface area contributed by atoms with Crippen LogP contribution in [0.5, 0.6) is 0 Å². The summed E-state index contributed by atoms with van der Waals surface area (Å²) in [6.45, 7) is 8.99. The van der Waals surface area contributed by atoms with Gasteiger partial charge >= 0.3 is 0 Å². The second kappa shape index (κ2) is 4.10. The molecule has 0 aromatic carbocycles. The zero-order chi connectivity index (χ0) is 8.27. The van der Waals surface area contributed by atoms with Gasteiger partial charge in [-0.15, -0.1) is 0 Å². The molecule has 0 bridgehead atoms. The molecular formula is C10H20O. The molecule has 1 aliphatic heterocycles.